The van der Waals surface area contributed by atoms with Crippen molar-refractivity contribution in [2.24, 2.45) is 0 Å². The van der Waals surface area contributed by atoms with Crippen LogP contribution in [0.4, 0.5) is 0 Å². The van der Waals surface area contributed by atoms with Crippen molar-refractivity contribution in [1.82, 2.24) is 0 Å². The second kappa shape index (κ2) is 21.9. The van der Waals surface area contributed by atoms with Gasteiger partial charge in [0.15, 0.2) is 0 Å². The molecule has 0 aliphatic carbocycles. The van der Waals surface area contributed by atoms with Crippen molar-refractivity contribution in [1.29, 1.82) is 0 Å². The van der Waals surface area contributed by atoms with E-state index in [0.717, 1.165) is 33.8 Å². The highest BCUT2D eigenvalue weighted by atomic mass is 32.1. The van der Waals surface area contributed by atoms with Crippen molar-refractivity contribution < 1.29 is 18.9 Å². The number of ether oxygens (including phenoxy) is 4. The summed E-state index contributed by atoms with van der Waals surface area (Å²) in [7, 11) is 6.51. The first kappa shape index (κ1) is 33.7. The van der Waals surface area contributed by atoms with Gasteiger partial charge in [0.25, 0.3) is 0 Å². The maximum Gasteiger partial charge on any atom is 0.123 e. The molecule has 5 heteroatoms. The van der Waals surface area contributed by atoms with Crippen LogP contribution in [-0.4, -0.2) is 34.7 Å². The Bertz CT molecular complexity index is 978. The predicted molar refractivity (Wildman–Crippen MR) is 164 cm³/mol. The zero-order chi connectivity index (χ0) is 27.9. The number of thiol groups is 1. The van der Waals surface area contributed by atoms with E-state index in [1.165, 1.54) is 19.3 Å². The highest BCUT2D eigenvalue weighted by Crippen LogP contribution is 2.24. The molecule has 0 fully saturated rings. The maximum atomic E-state index is 5.31. The predicted octanol–water partition coefficient (Wildman–Crippen LogP) is 8.88. The number of rotatable bonds is 12. The third-order valence-electron chi connectivity index (χ3n) is 4.95. The Kier molecular flexibility index (Phi) is 20.0. The van der Waals surface area contributed by atoms with Crippen molar-refractivity contribution in [3.63, 3.8) is 0 Å². The van der Waals surface area contributed by atoms with Gasteiger partial charge in [-0.2, -0.15) is 12.6 Å². The fourth-order valence-corrected chi connectivity index (χ4v) is 3.01. The van der Waals surface area contributed by atoms with Crippen LogP contribution in [0.1, 0.15) is 49.8 Å². The third-order valence-corrected chi connectivity index (χ3v) is 4.95. The summed E-state index contributed by atoms with van der Waals surface area (Å²) in [4.78, 5) is 0. The van der Waals surface area contributed by atoms with E-state index in [1.54, 1.807) is 47.0 Å². The molecule has 202 valence electrons. The molecule has 0 aliphatic heterocycles. The van der Waals surface area contributed by atoms with Crippen LogP contribution in [0.15, 0.2) is 84.9 Å². The van der Waals surface area contributed by atoms with Gasteiger partial charge in [-0.1, -0.05) is 88.3 Å². The molecule has 0 amide bonds. The summed E-state index contributed by atoms with van der Waals surface area (Å²) in [5.41, 5.74) is 4.04. The first-order valence-electron chi connectivity index (χ1n) is 12.3. The lowest BCUT2D eigenvalue weighted by molar-refractivity contribution is 0.306. The van der Waals surface area contributed by atoms with E-state index >= 15 is 0 Å². The minimum absolute atomic E-state index is 0.664. The van der Waals surface area contributed by atoms with Crippen molar-refractivity contribution in [2.45, 2.75) is 33.1 Å². The van der Waals surface area contributed by atoms with Crippen LogP contribution in [0.25, 0.3) is 18.2 Å². The summed E-state index contributed by atoms with van der Waals surface area (Å²) in [6, 6.07) is 14.0. The first-order valence-corrected chi connectivity index (χ1v) is 13.2. The molecule has 0 spiro atoms. The van der Waals surface area contributed by atoms with Gasteiger partial charge in [0.2, 0.25) is 0 Å². The Hall–Kier alpha value is -3.31. The van der Waals surface area contributed by atoms with Gasteiger partial charge in [0, 0.05) is 11.6 Å². The van der Waals surface area contributed by atoms with Gasteiger partial charge in [-0.3, -0.25) is 0 Å². The van der Waals surface area contributed by atoms with E-state index in [-0.39, 0.29) is 0 Å². The smallest absolute Gasteiger partial charge is 0.123 e. The van der Waals surface area contributed by atoms with Crippen LogP contribution < -0.4 is 9.47 Å². The monoisotopic (exact) mass is 524 g/mol. The number of allylic oxidation sites excluding steroid dienone is 4. The summed E-state index contributed by atoms with van der Waals surface area (Å²) < 4.78 is 21.0. The molecule has 4 nitrogen and oxygen atoms in total. The Labute approximate surface area is 230 Å². The Morgan fingerprint density at radius 2 is 1.30 bits per heavy atom. The molecule has 0 unspecified atom stereocenters. The fourth-order valence-electron chi connectivity index (χ4n) is 3.01. The standard InChI is InChI=1S/C26H28O4.C5H12.CH4S/c1-6-24(28-3)17-23(19-27-2)14-12-21-9-7-20(8-10-21)11-13-22-15-25(29-4)18-26(16-22)30-5;1-3-5-4-2;1-2/h6-19H,1H2,2-5H3;3-5H2,1-2H3;2H,1H3/b13-11+,14-12+,23-19-,24-17+;;. The molecule has 0 heterocycles. The van der Waals surface area contributed by atoms with Crippen molar-refractivity contribution >= 4 is 30.9 Å². The quantitative estimate of drug-likeness (QED) is 0.130. The summed E-state index contributed by atoms with van der Waals surface area (Å²) >= 11 is 3.53. The van der Waals surface area contributed by atoms with E-state index in [9.17, 15) is 0 Å². The molecule has 37 heavy (non-hydrogen) atoms. The van der Waals surface area contributed by atoms with E-state index in [1.807, 2.05) is 42.5 Å². The number of methoxy groups -OCH3 is 4. The summed E-state index contributed by atoms with van der Waals surface area (Å²) in [6.45, 7) is 8.15. The molecule has 2 aromatic carbocycles. The zero-order valence-corrected chi connectivity index (χ0v) is 24.4. The molecule has 0 saturated heterocycles. The molecule has 0 N–H and O–H groups in total. The Morgan fingerprint density at radius 1 is 0.784 bits per heavy atom. The molecular formula is C32H44O4S. The largest absolute Gasteiger partial charge is 0.504 e. The molecule has 2 rings (SSSR count). The highest BCUT2D eigenvalue weighted by Gasteiger charge is 1.99. The lowest BCUT2D eigenvalue weighted by Crippen LogP contribution is -1.88. The minimum atomic E-state index is 0.664. The van der Waals surface area contributed by atoms with Gasteiger partial charge in [-0.15, -0.1) is 0 Å². The second-order valence-electron chi connectivity index (χ2n) is 7.64. The zero-order valence-electron chi connectivity index (χ0n) is 23.5. The Balaban J connectivity index is 0.00000165. The lowest BCUT2D eigenvalue weighted by atomic mass is 10.1. The van der Waals surface area contributed by atoms with Crippen molar-refractivity contribution in [2.75, 3.05) is 34.7 Å². The van der Waals surface area contributed by atoms with Gasteiger partial charge < -0.3 is 18.9 Å². The van der Waals surface area contributed by atoms with E-state index in [0.29, 0.717) is 5.76 Å². The first-order chi connectivity index (χ1) is 18.0. The molecule has 0 saturated carbocycles. The molecule has 0 aromatic heterocycles. The van der Waals surface area contributed by atoms with Crippen LogP contribution in [0.3, 0.4) is 0 Å². The molecular weight excluding hydrogens is 480 g/mol. The number of benzene rings is 2. The van der Waals surface area contributed by atoms with Gasteiger partial charge in [0.1, 0.15) is 17.3 Å². The average molecular weight is 525 g/mol. The van der Waals surface area contributed by atoms with Crippen molar-refractivity contribution in [3.8, 4) is 11.5 Å². The Morgan fingerprint density at radius 3 is 1.70 bits per heavy atom. The molecule has 0 bridgehead atoms. The second-order valence-corrected chi connectivity index (χ2v) is 7.64. The summed E-state index contributed by atoms with van der Waals surface area (Å²) in [6.07, 6.45) is 19.0. The lowest BCUT2D eigenvalue weighted by Gasteiger charge is -2.05. The average Bonchev–Trinajstić information content (AvgIpc) is 2.95. The van der Waals surface area contributed by atoms with Crippen LogP contribution in [0.2, 0.25) is 0 Å². The number of unbranched alkanes of at least 4 members (excludes halogenated alkanes) is 2. The van der Waals surface area contributed by atoms with E-state index in [2.05, 4.69) is 63.4 Å². The van der Waals surface area contributed by atoms with E-state index in [4.69, 9.17) is 18.9 Å². The van der Waals surface area contributed by atoms with E-state index < -0.39 is 0 Å². The van der Waals surface area contributed by atoms with Gasteiger partial charge in [-0.05, 0) is 47.2 Å². The van der Waals surface area contributed by atoms with Crippen LogP contribution in [0, 0.1) is 0 Å². The minimum Gasteiger partial charge on any atom is -0.504 e. The molecule has 0 aliphatic rings. The van der Waals surface area contributed by atoms with Gasteiger partial charge in [-0.25, -0.2) is 0 Å². The molecule has 2 aromatic rings. The topological polar surface area (TPSA) is 36.9 Å². The van der Waals surface area contributed by atoms with Crippen LogP contribution >= 0.6 is 12.6 Å². The summed E-state index contributed by atoms with van der Waals surface area (Å²) in [5.74, 6) is 2.19. The van der Waals surface area contributed by atoms with Crippen molar-refractivity contribution in [3.05, 3.63) is 102 Å². The fraction of sp³-hybridized carbons (Fsp3) is 0.312. The summed E-state index contributed by atoms with van der Waals surface area (Å²) in [5, 5.41) is 0. The highest BCUT2D eigenvalue weighted by molar-refractivity contribution is 7.79. The van der Waals surface area contributed by atoms with Gasteiger partial charge in [0.05, 0.1) is 34.7 Å². The van der Waals surface area contributed by atoms with Crippen LogP contribution in [0.5, 0.6) is 11.5 Å². The van der Waals surface area contributed by atoms with Gasteiger partial charge >= 0.3 is 0 Å². The SMILES string of the molecule is C=C\C(=C/C(=C\OC)/C=C/c1ccc(/C=C/c2cc(OC)cc(OC)c2)cc1)OC.CCCCC.CS. The molecule has 0 radical (unpaired) electrons. The number of hydrogen-bond acceptors (Lipinski definition) is 5. The number of hydrogen-bond donors (Lipinski definition) is 1. The maximum absolute atomic E-state index is 5.31. The molecule has 0 atom stereocenters. The third kappa shape index (κ3) is 14.7. The normalized spacial score (nSPS) is 11.2. The van der Waals surface area contributed by atoms with Crippen LogP contribution in [-0.2, 0) is 9.47 Å².